The van der Waals surface area contributed by atoms with Crippen LogP contribution in [0.4, 0.5) is 5.69 Å². The summed E-state index contributed by atoms with van der Waals surface area (Å²) < 4.78 is 6.42. The first-order valence-corrected chi connectivity index (χ1v) is 8.96. The van der Waals surface area contributed by atoms with Crippen LogP contribution >= 0.6 is 39.1 Å². The summed E-state index contributed by atoms with van der Waals surface area (Å²) in [4.78, 5) is 19.2. The van der Waals surface area contributed by atoms with Crippen molar-refractivity contribution < 1.29 is 14.6 Å². The van der Waals surface area contributed by atoms with Crippen molar-refractivity contribution in [1.82, 2.24) is 9.97 Å². The Bertz CT molecular complexity index is 852. The molecule has 2 aromatic rings. The van der Waals surface area contributed by atoms with Crippen LogP contribution in [-0.2, 0) is 4.79 Å². The van der Waals surface area contributed by atoms with Crippen molar-refractivity contribution in [3.63, 3.8) is 0 Å². The summed E-state index contributed by atoms with van der Waals surface area (Å²) in [6, 6.07) is 3.12. The fraction of sp³-hybridized carbons (Fsp3) is 0.250. The normalized spacial score (nSPS) is 11.6. The van der Waals surface area contributed by atoms with Gasteiger partial charge < -0.3 is 9.84 Å². The molecule has 0 aliphatic heterocycles. The number of ether oxygens (including phenoxy) is 1. The highest BCUT2D eigenvalue weighted by molar-refractivity contribution is 9.10. The molecule has 1 heterocycles. The Labute approximate surface area is 168 Å². The van der Waals surface area contributed by atoms with E-state index in [1.165, 1.54) is 19.1 Å². The maximum Gasteiger partial charge on any atom is 0.351 e. The lowest BCUT2D eigenvalue weighted by molar-refractivity contribution is -0.129. The molecule has 2 rings (SSSR count). The largest absolute Gasteiger partial charge is 0.477 e. The van der Waals surface area contributed by atoms with Crippen LogP contribution < -0.4 is 10.2 Å². The zero-order valence-corrected chi connectivity index (χ0v) is 17.1. The van der Waals surface area contributed by atoms with E-state index >= 15 is 0 Å². The number of hydrogen-bond acceptors (Lipinski definition) is 6. The van der Waals surface area contributed by atoms with Gasteiger partial charge in [-0.15, -0.1) is 0 Å². The lowest BCUT2D eigenvalue weighted by Gasteiger charge is -2.12. The fourth-order valence-electron chi connectivity index (χ4n) is 1.83. The van der Waals surface area contributed by atoms with E-state index in [1.807, 2.05) is 13.8 Å². The maximum absolute atomic E-state index is 10.8. The zero-order valence-electron chi connectivity index (χ0n) is 14.0. The van der Waals surface area contributed by atoms with E-state index in [0.29, 0.717) is 5.69 Å². The molecule has 0 bridgehead atoms. The number of aromatic nitrogens is 2. The molecular formula is C16H15BrCl2N4O3. The van der Waals surface area contributed by atoms with Crippen molar-refractivity contribution in [2.75, 3.05) is 5.43 Å². The number of halogens is 3. The van der Waals surface area contributed by atoms with Crippen molar-refractivity contribution in [2.45, 2.75) is 26.7 Å². The first-order chi connectivity index (χ1) is 12.2. The number of carboxylic acid groups (broad SMARTS) is 1. The van der Waals surface area contributed by atoms with Gasteiger partial charge in [-0.25, -0.2) is 9.78 Å². The van der Waals surface area contributed by atoms with Crippen LogP contribution in [0.15, 0.2) is 27.9 Å². The van der Waals surface area contributed by atoms with Gasteiger partial charge in [-0.2, -0.15) is 10.1 Å². The van der Waals surface area contributed by atoms with Gasteiger partial charge in [0.1, 0.15) is 5.71 Å². The number of hydrogen-bond donors (Lipinski definition) is 2. The molecule has 0 radical (unpaired) electrons. The second-order valence-corrected chi connectivity index (χ2v) is 7.19. The lowest BCUT2D eigenvalue weighted by atomic mass is 10.1. The van der Waals surface area contributed by atoms with Crippen molar-refractivity contribution in [1.29, 1.82) is 0 Å². The quantitative estimate of drug-likeness (QED) is 0.445. The number of aliphatic carboxylic acids is 1. The van der Waals surface area contributed by atoms with Gasteiger partial charge in [0.15, 0.2) is 5.75 Å². The number of nitrogens with zero attached hydrogens (tertiary/aromatic N) is 3. The lowest BCUT2D eigenvalue weighted by Crippen LogP contribution is -2.10. The summed E-state index contributed by atoms with van der Waals surface area (Å²) in [5.74, 6) is -0.777. The van der Waals surface area contributed by atoms with E-state index in [-0.39, 0.29) is 33.4 Å². The number of hydrazone groups is 1. The number of rotatable bonds is 6. The number of nitrogens with one attached hydrogen (secondary N) is 1. The number of benzene rings is 1. The van der Waals surface area contributed by atoms with E-state index in [1.54, 1.807) is 6.20 Å². The molecule has 0 aliphatic rings. The van der Waals surface area contributed by atoms with Crippen molar-refractivity contribution in [2.24, 2.45) is 5.10 Å². The van der Waals surface area contributed by atoms with Crippen LogP contribution in [-0.4, -0.2) is 26.8 Å². The third-order valence-corrected chi connectivity index (χ3v) is 4.32. The molecule has 0 saturated carbocycles. The molecule has 1 aromatic carbocycles. The Balaban J connectivity index is 2.27. The minimum absolute atomic E-state index is 0.109. The number of anilines is 1. The molecule has 7 nitrogen and oxygen atoms in total. The molecule has 0 aliphatic carbocycles. The second kappa shape index (κ2) is 8.66. The summed E-state index contributed by atoms with van der Waals surface area (Å²) in [6.45, 7) is 5.35. The van der Waals surface area contributed by atoms with Gasteiger partial charge >= 0.3 is 12.0 Å². The molecule has 1 aromatic heterocycles. The van der Waals surface area contributed by atoms with Crippen LogP contribution in [0, 0.1) is 0 Å². The zero-order chi connectivity index (χ0) is 19.4. The maximum atomic E-state index is 10.8. The Morgan fingerprint density at radius 3 is 2.50 bits per heavy atom. The molecule has 0 amide bonds. The molecule has 26 heavy (non-hydrogen) atoms. The molecule has 0 fully saturated rings. The average molecular weight is 462 g/mol. The Morgan fingerprint density at radius 1 is 1.35 bits per heavy atom. The Morgan fingerprint density at radius 2 is 1.96 bits per heavy atom. The summed E-state index contributed by atoms with van der Waals surface area (Å²) in [5, 5.41) is 12.9. The van der Waals surface area contributed by atoms with Crippen molar-refractivity contribution in [3.05, 3.63) is 38.5 Å². The van der Waals surface area contributed by atoms with Gasteiger partial charge in [0, 0.05) is 6.20 Å². The minimum atomic E-state index is -1.14. The van der Waals surface area contributed by atoms with Crippen LogP contribution in [0.3, 0.4) is 0 Å². The average Bonchev–Trinajstić information content (AvgIpc) is 2.56. The highest BCUT2D eigenvalue weighted by Gasteiger charge is 2.15. The molecule has 138 valence electrons. The molecular weight excluding hydrogens is 447 g/mol. The van der Waals surface area contributed by atoms with E-state index < -0.39 is 5.97 Å². The topological polar surface area (TPSA) is 96.7 Å². The fourth-order valence-corrected chi connectivity index (χ4v) is 3.04. The van der Waals surface area contributed by atoms with Gasteiger partial charge in [-0.05, 0) is 40.9 Å². The van der Waals surface area contributed by atoms with Crippen molar-refractivity contribution >= 4 is 56.5 Å². The van der Waals surface area contributed by atoms with Crippen LogP contribution in [0.1, 0.15) is 32.4 Å². The van der Waals surface area contributed by atoms with Gasteiger partial charge in [0.2, 0.25) is 0 Å². The SMILES string of the molecule is C/C(=N\Nc1cc(Cl)c(Oc2ncc(Br)c(C(C)C)n2)c(Cl)c1)C(=O)O. The highest BCUT2D eigenvalue weighted by atomic mass is 79.9. The third kappa shape index (κ3) is 5.06. The van der Waals surface area contributed by atoms with Gasteiger partial charge in [-0.1, -0.05) is 37.0 Å². The van der Waals surface area contributed by atoms with Gasteiger partial charge in [0.25, 0.3) is 0 Å². The minimum Gasteiger partial charge on any atom is -0.477 e. The van der Waals surface area contributed by atoms with E-state index in [4.69, 9.17) is 33.0 Å². The summed E-state index contributed by atoms with van der Waals surface area (Å²) in [5.41, 5.74) is 3.67. The number of carboxylic acids is 1. The number of carbonyl (C=O) groups is 1. The second-order valence-electron chi connectivity index (χ2n) is 5.53. The van der Waals surface area contributed by atoms with Crippen LogP contribution in [0.5, 0.6) is 11.8 Å². The monoisotopic (exact) mass is 460 g/mol. The molecule has 10 heteroatoms. The van der Waals surface area contributed by atoms with Crippen molar-refractivity contribution in [3.8, 4) is 11.8 Å². The van der Waals surface area contributed by atoms with E-state index in [9.17, 15) is 4.79 Å². The first kappa shape index (κ1) is 20.4. The smallest absolute Gasteiger partial charge is 0.351 e. The first-order valence-electron chi connectivity index (χ1n) is 7.42. The van der Waals surface area contributed by atoms with Gasteiger partial charge in [0.05, 0.1) is 25.9 Å². The van der Waals surface area contributed by atoms with Crippen LogP contribution in [0.2, 0.25) is 10.0 Å². The Hall–Kier alpha value is -1.90. The van der Waals surface area contributed by atoms with E-state index in [0.717, 1.165) is 10.2 Å². The molecule has 0 unspecified atom stereocenters. The predicted octanol–water partition coefficient (Wildman–Crippen LogP) is 5.33. The molecule has 0 spiro atoms. The predicted molar refractivity (Wildman–Crippen MR) is 105 cm³/mol. The molecule has 0 saturated heterocycles. The van der Waals surface area contributed by atoms with Crippen LogP contribution in [0.25, 0.3) is 0 Å². The summed E-state index contributed by atoms with van der Waals surface area (Å²) in [7, 11) is 0. The highest BCUT2D eigenvalue weighted by Crippen LogP contribution is 2.38. The molecule has 2 N–H and O–H groups in total. The summed E-state index contributed by atoms with van der Waals surface area (Å²) >= 11 is 15.8. The standard InChI is InChI=1S/C16H15BrCl2N4O3/c1-7(2)13-10(17)6-20-16(21-13)26-14-11(18)4-9(5-12(14)19)23-22-8(3)15(24)25/h4-7,23H,1-3H3,(H,24,25)/b22-8+. The summed E-state index contributed by atoms with van der Waals surface area (Å²) in [6.07, 6.45) is 1.60. The Kier molecular flexibility index (Phi) is 6.80. The van der Waals surface area contributed by atoms with Gasteiger partial charge in [-0.3, -0.25) is 5.43 Å². The third-order valence-electron chi connectivity index (χ3n) is 3.15. The van der Waals surface area contributed by atoms with E-state index in [2.05, 4.69) is 36.4 Å². The molecule has 0 atom stereocenters.